The fourth-order valence-electron chi connectivity index (χ4n) is 1.27. The van der Waals surface area contributed by atoms with Crippen molar-refractivity contribution in [2.24, 2.45) is 5.73 Å². The van der Waals surface area contributed by atoms with Crippen LogP contribution in [0.1, 0.15) is 5.56 Å². The van der Waals surface area contributed by atoms with E-state index in [1.165, 1.54) is 18.2 Å². The van der Waals surface area contributed by atoms with Crippen LogP contribution in [0.4, 0.5) is 0 Å². The quantitative estimate of drug-likeness (QED) is 0.415. The maximum Gasteiger partial charge on any atom is 0.341 e. The van der Waals surface area contributed by atoms with Gasteiger partial charge < -0.3 is 25.8 Å². The minimum atomic E-state index is -1.27. The van der Waals surface area contributed by atoms with Crippen LogP contribution in [-0.4, -0.2) is 39.9 Å². The first-order valence-corrected chi connectivity index (χ1v) is 5.05. The van der Waals surface area contributed by atoms with E-state index in [4.69, 9.17) is 15.9 Å². The van der Waals surface area contributed by atoms with Gasteiger partial charge in [0.2, 0.25) is 0 Å². The standard InChI is InChI=1S/C11H13NO6/c12-7(11(17)18-5-10(15)16)3-6-1-2-8(13)9(14)4-6/h1-2,4,7,13-14H,3,5,12H2,(H,15,16). The number of phenols is 2. The van der Waals surface area contributed by atoms with E-state index in [9.17, 15) is 14.7 Å². The number of benzene rings is 1. The summed E-state index contributed by atoms with van der Waals surface area (Å²) in [5, 5.41) is 26.7. The zero-order valence-electron chi connectivity index (χ0n) is 9.37. The second-order valence-electron chi connectivity index (χ2n) is 3.64. The van der Waals surface area contributed by atoms with Crippen molar-refractivity contribution in [1.82, 2.24) is 0 Å². The summed E-state index contributed by atoms with van der Waals surface area (Å²) >= 11 is 0. The Morgan fingerprint density at radius 3 is 2.50 bits per heavy atom. The van der Waals surface area contributed by atoms with Gasteiger partial charge in [-0.15, -0.1) is 0 Å². The molecule has 7 heteroatoms. The Kier molecular flexibility index (Phi) is 4.50. The molecule has 0 radical (unpaired) electrons. The van der Waals surface area contributed by atoms with Crippen molar-refractivity contribution < 1.29 is 29.6 Å². The molecule has 0 saturated heterocycles. The lowest BCUT2D eigenvalue weighted by Gasteiger charge is -2.10. The van der Waals surface area contributed by atoms with E-state index in [1.54, 1.807) is 0 Å². The van der Waals surface area contributed by atoms with Crippen LogP contribution in [0, 0.1) is 0 Å². The van der Waals surface area contributed by atoms with Crippen molar-refractivity contribution in [3.63, 3.8) is 0 Å². The number of hydrogen-bond acceptors (Lipinski definition) is 6. The van der Waals surface area contributed by atoms with E-state index in [0.29, 0.717) is 5.56 Å². The molecule has 0 spiro atoms. The summed E-state index contributed by atoms with van der Waals surface area (Å²) in [6.07, 6.45) is 0.0618. The molecule has 0 amide bonds. The maximum absolute atomic E-state index is 11.3. The van der Waals surface area contributed by atoms with Crippen LogP contribution in [0.2, 0.25) is 0 Å². The van der Waals surface area contributed by atoms with Gasteiger partial charge >= 0.3 is 11.9 Å². The zero-order valence-corrected chi connectivity index (χ0v) is 9.37. The smallest absolute Gasteiger partial charge is 0.341 e. The van der Waals surface area contributed by atoms with Crippen molar-refractivity contribution >= 4 is 11.9 Å². The number of carboxylic acids is 1. The van der Waals surface area contributed by atoms with Gasteiger partial charge in [0.05, 0.1) is 0 Å². The number of aliphatic carboxylic acids is 1. The second-order valence-corrected chi connectivity index (χ2v) is 3.64. The van der Waals surface area contributed by atoms with E-state index < -0.39 is 24.6 Å². The maximum atomic E-state index is 11.3. The summed E-state index contributed by atoms with van der Waals surface area (Å²) in [7, 11) is 0. The lowest BCUT2D eigenvalue weighted by atomic mass is 10.1. The molecule has 0 aliphatic heterocycles. The summed E-state index contributed by atoms with van der Waals surface area (Å²) in [6, 6.07) is 2.98. The zero-order chi connectivity index (χ0) is 13.7. The summed E-state index contributed by atoms with van der Waals surface area (Å²) < 4.78 is 4.42. The molecule has 0 heterocycles. The van der Waals surface area contributed by atoms with Gasteiger partial charge in [0.25, 0.3) is 0 Å². The Balaban J connectivity index is 2.58. The van der Waals surface area contributed by atoms with Gasteiger partial charge in [-0.3, -0.25) is 4.79 Å². The van der Waals surface area contributed by atoms with Crippen LogP contribution in [0.5, 0.6) is 11.5 Å². The lowest BCUT2D eigenvalue weighted by molar-refractivity contribution is -0.156. The number of phenolic OH excluding ortho intramolecular Hbond substituents is 2. The van der Waals surface area contributed by atoms with Crippen molar-refractivity contribution in [3.05, 3.63) is 23.8 Å². The number of carboxylic acid groups (broad SMARTS) is 1. The minimum absolute atomic E-state index is 0.0618. The highest BCUT2D eigenvalue weighted by molar-refractivity contribution is 5.79. The number of carbonyl (C=O) groups excluding carboxylic acids is 1. The van der Waals surface area contributed by atoms with Crippen LogP contribution in [0.15, 0.2) is 18.2 Å². The molecule has 1 atom stereocenters. The fraction of sp³-hybridized carbons (Fsp3) is 0.273. The van der Waals surface area contributed by atoms with E-state index in [2.05, 4.69) is 4.74 Å². The Labute approximate surface area is 102 Å². The first kappa shape index (κ1) is 13.8. The Hall–Kier alpha value is -2.28. The molecule has 0 fully saturated rings. The lowest BCUT2D eigenvalue weighted by Crippen LogP contribution is -2.35. The summed E-state index contributed by atoms with van der Waals surface area (Å²) in [5.41, 5.74) is 6.03. The van der Waals surface area contributed by atoms with Gasteiger partial charge in [0, 0.05) is 0 Å². The molecule has 0 aliphatic rings. The number of esters is 1. The van der Waals surface area contributed by atoms with Gasteiger partial charge in [0.1, 0.15) is 6.04 Å². The first-order chi connectivity index (χ1) is 8.40. The molecule has 5 N–H and O–H groups in total. The van der Waals surface area contributed by atoms with E-state index >= 15 is 0 Å². The third kappa shape index (κ3) is 3.95. The normalized spacial score (nSPS) is 11.8. The van der Waals surface area contributed by atoms with Gasteiger partial charge in [-0.25, -0.2) is 4.79 Å². The average Bonchev–Trinajstić information content (AvgIpc) is 2.30. The van der Waals surface area contributed by atoms with Crippen LogP contribution in [-0.2, 0) is 20.7 Å². The molecule has 0 saturated carbocycles. The molecule has 1 aromatic carbocycles. The van der Waals surface area contributed by atoms with E-state index in [-0.39, 0.29) is 17.9 Å². The number of carbonyl (C=O) groups is 2. The van der Waals surface area contributed by atoms with Gasteiger partial charge in [-0.2, -0.15) is 0 Å². The minimum Gasteiger partial charge on any atom is -0.504 e. The molecule has 1 aromatic rings. The Morgan fingerprint density at radius 1 is 1.28 bits per heavy atom. The van der Waals surface area contributed by atoms with Crippen LogP contribution in [0.25, 0.3) is 0 Å². The molecule has 18 heavy (non-hydrogen) atoms. The highest BCUT2D eigenvalue weighted by Gasteiger charge is 2.17. The second kappa shape index (κ2) is 5.87. The van der Waals surface area contributed by atoms with E-state index in [1.807, 2.05) is 0 Å². The third-order valence-electron chi connectivity index (χ3n) is 2.14. The van der Waals surface area contributed by atoms with Crippen molar-refractivity contribution in [1.29, 1.82) is 0 Å². The molecule has 0 aromatic heterocycles. The van der Waals surface area contributed by atoms with Crippen LogP contribution in [0.3, 0.4) is 0 Å². The van der Waals surface area contributed by atoms with Crippen LogP contribution >= 0.6 is 0 Å². The third-order valence-corrected chi connectivity index (χ3v) is 2.14. The summed E-state index contributed by atoms with van der Waals surface area (Å²) in [4.78, 5) is 21.5. The molecular weight excluding hydrogens is 242 g/mol. The number of hydrogen-bond donors (Lipinski definition) is 4. The van der Waals surface area contributed by atoms with Crippen molar-refractivity contribution in [2.45, 2.75) is 12.5 Å². The van der Waals surface area contributed by atoms with E-state index in [0.717, 1.165) is 0 Å². The van der Waals surface area contributed by atoms with Gasteiger partial charge in [0.15, 0.2) is 18.1 Å². The molecule has 1 rings (SSSR count). The summed E-state index contributed by atoms with van der Waals surface area (Å²) in [5.74, 6) is -2.71. The Morgan fingerprint density at radius 2 is 1.94 bits per heavy atom. The predicted octanol–water partition coefficient (Wildman–Crippen LogP) is -0.405. The number of nitrogens with two attached hydrogens (primary N) is 1. The molecular formula is C11H13NO6. The topological polar surface area (TPSA) is 130 Å². The van der Waals surface area contributed by atoms with Crippen LogP contribution < -0.4 is 5.73 Å². The molecule has 1 unspecified atom stereocenters. The summed E-state index contributed by atoms with van der Waals surface area (Å²) in [6.45, 7) is -0.743. The molecule has 0 bridgehead atoms. The number of ether oxygens (including phenoxy) is 1. The van der Waals surface area contributed by atoms with Crippen molar-refractivity contribution in [2.75, 3.05) is 6.61 Å². The number of aromatic hydroxyl groups is 2. The Bertz CT molecular complexity index is 459. The average molecular weight is 255 g/mol. The SMILES string of the molecule is NC(Cc1ccc(O)c(O)c1)C(=O)OCC(=O)O. The highest BCUT2D eigenvalue weighted by Crippen LogP contribution is 2.25. The fourth-order valence-corrected chi connectivity index (χ4v) is 1.27. The molecule has 98 valence electrons. The van der Waals surface area contributed by atoms with Gasteiger partial charge in [-0.05, 0) is 24.1 Å². The molecule has 7 nitrogen and oxygen atoms in total. The van der Waals surface area contributed by atoms with Gasteiger partial charge in [-0.1, -0.05) is 6.07 Å². The highest BCUT2D eigenvalue weighted by atomic mass is 16.6. The molecule has 0 aliphatic carbocycles. The predicted molar refractivity (Wildman–Crippen MR) is 60.0 cm³/mol. The first-order valence-electron chi connectivity index (χ1n) is 5.05. The van der Waals surface area contributed by atoms with Crippen molar-refractivity contribution in [3.8, 4) is 11.5 Å². The largest absolute Gasteiger partial charge is 0.504 e. The number of rotatable bonds is 5. The monoisotopic (exact) mass is 255 g/mol.